The Bertz CT molecular complexity index is 1780. The maximum absolute atomic E-state index is 13.9. The van der Waals surface area contributed by atoms with E-state index in [-0.39, 0.29) is 29.7 Å². The van der Waals surface area contributed by atoms with E-state index in [9.17, 15) is 52.4 Å². The molecule has 12 nitrogen and oxygen atoms in total. The van der Waals surface area contributed by atoms with Crippen LogP contribution in [0.1, 0.15) is 23.1 Å². The quantitative estimate of drug-likeness (QED) is 0.206. The molecule has 2 aromatic carbocycles. The Labute approximate surface area is 264 Å². The number of likely N-dealkylation sites (N-methyl/N-ethyl adjacent to an activating group) is 1. The number of carboxylic acid groups (broad SMARTS) is 1. The smallest absolute Gasteiger partial charge is 0.490 e. The van der Waals surface area contributed by atoms with Crippen LogP contribution in [0.15, 0.2) is 41.2 Å². The molecule has 4 atom stereocenters. The van der Waals surface area contributed by atoms with Crippen LogP contribution in [0.5, 0.6) is 5.75 Å². The maximum atomic E-state index is 13.9. The number of benzene rings is 2. The number of halogens is 4. The van der Waals surface area contributed by atoms with Crippen LogP contribution in [0.3, 0.4) is 0 Å². The normalized spacial score (nSPS) is 26.3. The lowest BCUT2D eigenvalue weighted by molar-refractivity contribution is -0.192. The third-order valence-corrected chi connectivity index (χ3v) is 9.15. The summed E-state index contributed by atoms with van der Waals surface area (Å²) >= 11 is 0. The number of aliphatic hydroxyl groups excluding tert-OH is 2. The number of rotatable bonds is 4. The molecule has 0 radical (unpaired) electrons. The minimum atomic E-state index is -5.08. The summed E-state index contributed by atoms with van der Waals surface area (Å²) in [5, 5.41) is 53.7. The number of likely N-dealkylation sites (tertiary alicyclic amines) is 1. The van der Waals surface area contributed by atoms with Crippen LogP contribution in [0.2, 0.25) is 0 Å². The molecular formula is C31H31F4N3O9. The zero-order valence-corrected chi connectivity index (χ0v) is 25.0. The van der Waals surface area contributed by atoms with Gasteiger partial charge in [-0.3, -0.25) is 24.2 Å². The number of hydrogen-bond acceptors (Lipinski definition) is 10. The summed E-state index contributed by atoms with van der Waals surface area (Å²) < 4.78 is 45.0. The number of hydrogen-bond donors (Lipinski definition) is 6. The average molecular weight is 666 g/mol. The fourth-order valence-electron chi connectivity index (χ4n) is 7.05. The number of carbonyl (C=O) groups excluding carboxylic acids is 3. The number of aliphatic carboxylic acids is 1. The lowest BCUT2D eigenvalue weighted by Crippen LogP contribution is -2.65. The third kappa shape index (κ3) is 5.49. The largest absolute Gasteiger partial charge is 0.508 e. The molecule has 3 aliphatic carbocycles. The first kappa shape index (κ1) is 33.8. The van der Waals surface area contributed by atoms with Gasteiger partial charge in [-0.05, 0) is 55.4 Å². The Balaban J connectivity index is 0.000000559. The zero-order chi connectivity index (χ0) is 34.9. The Kier molecular flexibility index (Phi) is 8.35. The molecule has 2 fully saturated rings. The van der Waals surface area contributed by atoms with Gasteiger partial charge in [0.1, 0.15) is 29.0 Å². The Morgan fingerprint density at radius 1 is 1.11 bits per heavy atom. The zero-order valence-electron chi connectivity index (χ0n) is 25.0. The Morgan fingerprint density at radius 2 is 1.72 bits per heavy atom. The molecule has 0 bridgehead atoms. The maximum Gasteiger partial charge on any atom is 0.490 e. The number of alkyl halides is 4. The van der Waals surface area contributed by atoms with Crippen molar-refractivity contribution in [2.24, 2.45) is 17.6 Å². The minimum Gasteiger partial charge on any atom is -0.508 e. The van der Waals surface area contributed by atoms with E-state index in [1.165, 1.54) is 4.90 Å². The second-order valence-corrected chi connectivity index (χ2v) is 12.4. The summed E-state index contributed by atoms with van der Waals surface area (Å²) in [6.45, 7) is 1.18. The number of Topliss-reactive ketones (excluding diaryl/α,β-unsaturated/α-hetero) is 2. The molecule has 16 heteroatoms. The molecule has 2 aromatic rings. The first-order chi connectivity index (χ1) is 21.8. The number of nitrogens with zero attached hydrogens (tertiary/aromatic N) is 2. The van der Waals surface area contributed by atoms with Gasteiger partial charge in [0.15, 0.2) is 11.4 Å². The van der Waals surface area contributed by atoms with Crippen molar-refractivity contribution >= 4 is 40.0 Å². The molecule has 0 aromatic heterocycles. The number of phenols is 1. The van der Waals surface area contributed by atoms with Gasteiger partial charge < -0.3 is 31.3 Å². The molecule has 1 aliphatic heterocycles. The van der Waals surface area contributed by atoms with Crippen LogP contribution < -0.4 is 5.73 Å². The molecule has 47 heavy (non-hydrogen) atoms. The molecule has 7 N–H and O–H groups in total. The summed E-state index contributed by atoms with van der Waals surface area (Å²) in [6.07, 6.45) is -5.66. The summed E-state index contributed by atoms with van der Waals surface area (Å²) in [6, 6.07) is 6.20. The van der Waals surface area contributed by atoms with E-state index in [4.69, 9.17) is 15.6 Å². The van der Waals surface area contributed by atoms with E-state index in [1.54, 1.807) is 20.2 Å². The van der Waals surface area contributed by atoms with Crippen molar-refractivity contribution in [1.29, 1.82) is 0 Å². The van der Waals surface area contributed by atoms with E-state index in [0.717, 1.165) is 5.56 Å². The molecule has 1 saturated heterocycles. The summed E-state index contributed by atoms with van der Waals surface area (Å²) in [5.74, 6) is -9.48. The van der Waals surface area contributed by atoms with Gasteiger partial charge in [0.05, 0.1) is 11.6 Å². The number of carbonyl (C=O) groups is 4. The first-order valence-corrected chi connectivity index (χ1v) is 14.4. The monoisotopic (exact) mass is 665 g/mol. The number of phenolic OH excluding ortho intramolecular Hbond substituents is 1. The number of carboxylic acids is 1. The summed E-state index contributed by atoms with van der Waals surface area (Å²) in [4.78, 5) is 51.5. The lowest BCUT2D eigenvalue weighted by Gasteiger charge is -2.50. The predicted molar refractivity (Wildman–Crippen MR) is 156 cm³/mol. The number of amides is 1. The fourth-order valence-corrected chi connectivity index (χ4v) is 7.05. The number of aliphatic hydroxyl groups is 3. The first-order valence-electron chi connectivity index (χ1n) is 14.4. The van der Waals surface area contributed by atoms with Gasteiger partial charge in [-0.25, -0.2) is 9.18 Å². The second kappa shape index (κ2) is 11.6. The van der Waals surface area contributed by atoms with E-state index in [2.05, 4.69) is 0 Å². The van der Waals surface area contributed by atoms with Gasteiger partial charge in [0, 0.05) is 36.5 Å². The molecule has 252 valence electrons. The van der Waals surface area contributed by atoms with Crippen LogP contribution in [0.25, 0.3) is 16.5 Å². The standard InChI is InChI=1S/C29H30FN3O7.C2HF3O2/c1-32(2)22-18-8-15-7-14-6-13-4-3-12(9-33-10-16(30)11-33)5-17(13)23(34)19(14)24(35)20(15)26(37)29(18,40)27(38)21(25(22)36)28(31)39;3-2(4,5)1(6)7/h3-6,15-16,18,22,34-35,38,40H,7-11H2,1-2H3,(H2,31,39);(H,6,7)/t15-,18-,22-,29-;/m0./s1. The van der Waals surface area contributed by atoms with E-state index in [0.29, 0.717) is 36.0 Å². The SMILES string of the molecule is CN(C)[C@@H]1C(=O)C(C(N)=O)=C(O)[C@@]2(O)C(=O)C3=C(O)c4c(cc5ccc(CN6CC(F)C6)cc5c4O)C[C@H]3C[C@@H]12.O=C(O)C(F)(F)F. The van der Waals surface area contributed by atoms with Crippen molar-refractivity contribution in [3.8, 4) is 5.75 Å². The Hall–Kier alpha value is -4.54. The average Bonchev–Trinajstić information content (AvgIpc) is 2.94. The van der Waals surface area contributed by atoms with Crippen molar-refractivity contribution in [2.45, 2.75) is 43.4 Å². The highest BCUT2D eigenvalue weighted by Crippen LogP contribution is 2.53. The summed E-state index contributed by atoms with van der Waals surface area (Å²) in [5.41, 5.74) is 3.14. The highest BCUT2D eigenvalue weighted by Gasteiger charge is 2.64. The van der Waals surface area contributed by atoms with Gasteiger partial charge in [-0.2, -0.15) is 13.2 Å². The fraction of sp³-hybridized carbons (Fsp3) is 0.419. The highest BCUT2D eigenvalue weighted by molar-refractivity contribution is 6.24. The van der Waals surface area contributed by atoms with Crippen LogP contribution >= 0.6 is 0 Å². The lowest BCUT2D eigenvalue weighted by atomic mass is 9.57. The van der Waals surface area contributed by atoms with Gasteiger partial charge in [-0.15, -0.1) is 0 Å². The molecular weight excluding hydrogens is 634 g/mol. The van der Waals surface area contributed by atoms with Crippen molar-refractivity contribution in [3.05, 3.63) is 57.9 Å². The molecule has 1 heterocycles. The van der Waals surface area contributed by atoms with Gasteiger partial charge >= 0.3 is 12.1 Å². The molecule has 1 saturated carbocycles. The number of primary amides is 1. The van der Waals surface area contributed by atoms with Crippen molar-refractivity contribution in [3.63, 3.8) is 0 Å². The second-order valence-electron chi connectivity index (χ2n) is 12.4. The van der Waals surface area contributed by atoms with E-state index in [1.807, 2.05) is 23.1 Å². The van der Waals surface area contributed by atoms with Gasteiger partial charge in [0.2, 0.25) is 5.78 Å². The van der Waals surface area contributed by atoms with E-state index >= 15 is 0 Å². The van der Waals surface area contributed by atoms with Crippen molar-refractivity contribution < 1.29 is 62.3 Å². The van der Waals surface area contributed by atoms with Crippen LogP contribution in [0, 0.1) is 11.8 Å². The molecule has 0 unspecified atom stereocenters. The van der Waals surface area contributed by atoms with Crippen molar-refractivity contribution in [2.75, 3.05) is 27.2 Å². The number of aromatic hydroxyl groups is 1. The molecule has 0 spiro atoms. The minimum absolute atomic E-state index is 0.0366. The molecule has 1 amide bonds. The van der Waals surface area contributed by atoms with Gasteiger partial charge in [-0.1, -0.05) is 18.2 Å². The Morgan fingerprint density at radius 3 is 2.26 bits per heavy atom. The topological polar surface area (TPSA) is 202 Å². The third-order valence-electron chi connectivity index (χ3n) is 9.15. The van der Waals surface area contributed by atoms with Crippen LogP contribution in [-0.2, 0) is 32.1 Å². The molecule has 6 rings (SSSR count). The van der Waals surface area contributed by atoms with Crippen molar-refractivity contribution in [1.82, 2.24) is 9.80 Å². The van der Waals surface area contributed by atoms with Crippen LogP contribution in [0.4, 0.5) is 17.6 Å². The number of fused-ring (bicyclic) bond motifs is 4. The molecule has 4 aliphatic rings. The summed E-state index contributed by atoms with van der Waals surface area (Å²) in [7, 11) is 3.12. The van der Waals surface area contributed by atoms with E-state index < -0.39 is 76.4 Å². The number of ketones is 2. The van der Waals surface area contributed by atoms with Gasteiger partial charge in [0.25, 0.3) is 5.91 Å². The predicted octanol–water partition coefficient (Wildman–Crippen LogP) is 1.90. The van der Waals surface area contributed by atoms with Crippen LogP contribution in [-0.4, -0.2) is 110 Å². The highest BCUT2D eigenvalue weighted by atomic mass is 19.4. The number of nitrogens with two attached hydrogens (primary N) is 1.